The summed E-state index contributed by atoms with van der Waals surface area (Å²) in [7, 11) is 0. The number of carboxylic acid groups (broad SMARTS) is 1. The summed E-state index contributed by atoms with van der Waals surface area (Å²) in [6, 6.07) is 5.39. The molecule has 2 rings (SSSR count). The molecule has 0 spiro atoms. The van der Waals surface area contributed by atoms with Gasteiger partial charge in [-0.1, -0.05) is 12.1 Å². The van der Waals surface area contributed by atoms with Crippen molar-refractivity contribution in [2.24, 2.45) is 0 Å². The summed E-state index contributed by atoms with van der Waals surface area (Å²) in [5.74, 6) is -0.854. The summed E-state index contributed by atoms with van der Waals surface area (Å²) in [5.41, 5.74) is 4.02. The maximum Gasteiger partial charge on any atom is 0.335 e. The summed E-state index contributed by atoms with van der Waals surface area (Å²) in [6.45, 7) is 1.98. The van der Waals surface area contributed by atoms with Crippen LogP contribution in [0.1, 0.15) is 47.2 Å². The second-order valence-electron chi connectivity index (χ2n) is 4.31. The molecule has 0 bridgehead atoms. The Morgan fingerprint density at radius 3 is 2.69 bits per heavy atom. The average molecular weight is 216 g/mol. The number of benzene rings is 1. The smallest absolute Gasteiger partial charge is 0.335 e. The van der Waals surface area contributed by atoms with Crippen LogP contribution in [0.4, 0.5) is 0 Å². The topological polar surface area (TPSA) is 37.3 Å². The molecule has 0 unspecified atom stereocenters. The van der Waals surface area contributed by atoms with Gasteiger partial charge in [0.1, 0.15) is 0 Å². The highest BCUT2D eigenvalue weighted by Crippen LogP contribution is 2.29. The van der Waals surface area contributed by atoms with Gasteiger partial charge < -0.3 is 5.11 Å². The van der Waals surface area contributed by atoms with Crippen LogP contribution in [-0.4, -0.2) is 11.1 Å². The van der Waals surface area contributed by atoms with Crippen LogP contribution >= 0.6 is 0 Å². The molecule has 16 heavy (non-hydrogen) atoms. The van der Waals surface area contributed by atoms with Crippen molar-refractivity contribution in [2.75, 3.05) is 0 Å². The number of aromatic carboxylic acids is 1. The molecule has 0 radical (unpaired) electrons. The van der Waals surface area contributed by atoms with Crippen molar-refractivity contribution in [2.45, 2.75) is 32.6 Å². The van der Waals surface area contributed by atoms with Gasteiger partial charge in [-0.05, 0) is 61.4 Å². The van der Waals surface area contributed by atoms with E-state index >= 15 is 0 Å². The molecule has 1 aromatic carbocycles. The lowest BCUT2D eigenvalue weighted by molar-refractivity contribution is 0.0697. The first-order chi connectivity index (χ1) is 7.68. The molecule has 0 fully saturated rings. The average Bonchev–Trinajstić information content (AvgIpc) is 2.30. The van der Waals surface area contributed by atoms with Gasteiger partial charge in [0.25, 0.3) is 0 Å². The summed E-state index contributed by atoms with van der Waals surface area (Å²) in [5, 5.41) is 8.90. The highest BCUT2D eigenvalue weighted by atomic mass is 16.4. The Balaban J connectivity index is 2.35. The third-order valence-corrected chi connectivity index (χ3v) is 3.11. The highest BCUT2D eigenvalue weighted by Gasteiger charge is 2.10. The largest absolute Gasteiger partial charge is 0.478 e. The van der Waals surface area contributed by atoms with Gasteiger partial charge in [-0.15, -0.1) is 0 Å². The number of hydrogen-bond acceptors (Lipinski definition) is 1. The van der Waals surface area contributed by atoms with Crippen molar-refractivity contribution < 1.29 is 9.90 Å². The van der Waals surface area contributed by atoms with Crippen molar-refractivity contribution in [3.05, 3.63) is 41.0 Å². The van der Waals surface area contributed by atoms with Gasteiger partial charge >= 0.3 is 5.97 Å². The molecule has 0 aliphatic heterocycles. The Morgan fingerprint density at radius 1 is 1.31 bits per heavy atom. The predicted molar refractivity (Wildman–Crippen MR) is 64.6 cm³/mol. The third-order valence-electron chi connectivity index (χ3n) is 3.11. The van der Waals surface area contributed by atoms with Crippen LogP contribution in [0.15, 0.2) is 24.3 Å². The van der Waals surface area contributed by atoms with Crippen molar-refractivity contribution >= 4 is 11.5 Å². The van der Waals surface area contributed by atoms with E-state index in [2.05, 4.69) is 6.08 Å². The molecule has 0 heterocycles. The van der Waals surface area contributed by atoms with Crippen molar-refractivity contribution in [1.82, 2.24) is 0 Å². The molecule has 84 valence electrons. The first-order valence-electron chi connectivity index (χ1n) is 5.72. The number of carboxylic acids is 1. The lowest BCUT2D eigenvalue weighted by Crippen LogP contribution is -2.00. The van der Waals surface area contributed by atoms with Crippen LogP contribution in [0.25, 0.3) is 5.57 Å². The normalized spacial score (nSPS) is 15.7. The number of rotatable bonds is 2. The van der Waals surface area contributed by atoms with Gasteiger partial charge in [0.15, 0.2) is 0 Å². The van der Waals surface area contributed by atoms with E-state index in [1.54, 1.807) is 12.1 Å². The van der Waals surface area contributed by atoms with Crippen LogP contribution in [-0.2, 0) is 0 Å². The first-order valence-corrected chi connectivity index (χ1v) is 5.72. The molecule has 0 atom stereocenters. The standard InChI is InChI=1S/C14H16O2/c1-10-9-12(14(15)16)7-8-13(10)11-5-3-2-4-6-11/h5,7-9H,2-4,6H2,1H3,(H,15,16). The molecule has 1 aliphatic carbocycles. The van der Waals surface area contributed by atoms with E-state index in [1.807, 2.05) is 13.0 Å². The van der Waals surface area contributed by atoms with Gasteiger partial charge in [-0.3, -0.25) is 0 Å². The molecular weight excluding hydrogens is 200 g/mol. The first kappa shape index (κ1) is 10.9. The Hall–Kier alpha value is -1.57. The van der Waals surface area contributed by atoms with Crippen molar-refractivity contribution in [3.8, 4) is 0 Å². The number of carbonyl (C=O) groups is 1. The minimum absolute atomic E-state index is 0.373. The van der Waals surface area contributed by atoms with E-state index < -0.39 is 5.97 Å². The van der Waals surface area contributed by atoms with Gasteiger partial charge in [0.05, 0.1) is 5.56 Å². The fourth-order valence-electron chi connectivity index (χ4n) is 2.24. The SMILES string of the molecule is Cc1cc(C(=O)O)ccc1C1=CCCCC1. The van der Waals surface area contributed by atoms with E-state index in [1.165, 1.54) is 24.0 Å². The Morgan fingerprint density at radius 2 is 2.12 bits per heavy atom. The number of hydrogen-bond donors (Lipinski definition) is 1. The van der Waals surface area contributed by atoms with E-state index in [0.29, 0.717) is 5.56 Å². The molecule has 0 amide bonds. The molecule has 2 heteroatoms. The van der Waals surface area contributed by atoms with Crippen LogP contribution in [0.5, 0.6) is 0 Å². The molecule has 0 aromatic heterocycles. The van der Waals surface area contributed by atoms with Gasteiger partial charge in [-0.25, -0.2) is 4.79 Å². The summed E-state index contributed by atoms with van der Waals surface area (Å²) < 4.78 is 0. The minimum atomic E-state index is -0.854. The molecule has 1 N–H and O–H groups in total. The molecule has 0 saturated carbocycles. The Labute approximate surface area is 95.6 Å². The van der Waals surface area contributed by atoms with Crippen LogP contribution in [0.2, 0.25) is 0 Å². The van der Waals surface area contributed by atoms with E-state index in [0.717, 1.165) is 18.4 Å². The third kappa shape index (κ3) is 2.16. The monoisotopic (exact) mass is 216 g/mol. The summed E-state index contributed by atoms with van der Waals surface area (Å²) in [4.78, 5) is 10.8. The highest BCUT2D eigenvalue weighted by molar-refractivity contribution is 5.88. The van der Waals surface area contributed by atoms with Crippen molar-refractivity contribution in [3.63, 3.8) is 0 Å². The zero-order chi connectivity index (χ0) is 11.5. The van der Waals surface area contributed by atoms with Gasteiger partial charge in [0.2, 0.25) is 0 Å². The summed E-state index contributed by atoms with van der Waals surface area (Å²) >= 11 is 0. The van der Waals surface area contributed by atoms with Crippen LogP contribution in [0, 0.1) is 6.92 Å². The Bertz CT molecular complexity index is 444. The van der Waals surface area contributed by atoms with E-state index in [-0.39, 0.29) is 0 Å². The lowest BCUT2D eigenvalue weighted by atomic mass is 9.90. The molecular formula is C14H16O2. The maximum absolute atomic E-state index is 10.8. The zero-order valence-electron chi connectivity index (χ0n) is 9.49. The lowest BCUT2D eigenvalue weighted by Gasteiger charge is -2.15. The second-order valence-corrected chi connectivity index (χ2v) is 4.31. The van der Waals surface area contributed by atoms with Crippen LogP contribution < -0.4 is 0 Å². The Kier molecular flexibility index (Phi) is 3.09. The minimum Gasteiger partial charge on any atom is -0.478 e. The molecule has 1 aliphatic rings. The second kappa shape index (κ2) is 4.52. The molecule has 1 aromatic rings. The van der Waals surface area contributed by atoms with Crippen LogP contribution in [0.3, 0.4) is 0 Å². The maximum atomic E-state index is 10.8. The molecule has 0 saturated heterocycles. The van der Waals surface area contributed by atoms with Gasteiger partial charge in [0, 0.05) is 0 Å². The van der Waals surface area contributed by atoms with E-state index in [9.17, 15) is 4.79 Å². The van der Waals surface area contributed by atoms with E-state index in [4.69, 9.17) is 5.11 Å². The van der Waals surface area contributed by atoms with Gasteiger partial charge in [-0.2, -0.15) is 0 Å². The molecule has 2 nitrogen and oxygen atoms in total. The quantitative estimate of drug-likeness (QED) is 0.819. The fraction of sp³-hybridized carbons (Fsp3) is 0.357. The zero-order valence-corrected chi connectivity index (χ0v) is 9.49. The van der Waals surface area contributed by atoms with Crippen molar-refractivity contribution in [1.29, 1.82) is 0 Å². The number of allylic oxidation sites excluding steroid dienone is 2. The fourth-order valence-corrected chi connectivity index (χ4v) is 2.24. The number of aryl methyl sites for hydroxylation is 1. The summed E-state index contributed by atoms with van der Waals surface area (Å²) in [6.07, 6.45) is 7.07. The predicted octanol–water partition coefficient (Wildman–Crippen LogP) is 3.65.